The van der Waals surface area contributed by atoms with Gasteiger partial charge in [-0.25, -0.2) is 4.39 Å². The zero-order valence-electron chi connectivity index (χ0n) is 9.82. The van der Waals surface area contributed by atoms with Crippen LogP contribution in [0.2, 0.25) is 0 Å². The van der Waals surface area contributed by atoms with Crippen molar-refractivity contribution < 1.29 is 9.13 Å². The van der Waals surface area contributed by atoms with E-state index >= 15 is 0 Å². The largest absolute Gasteiger partial charge is 0.493 e. The maximum absolute atomic E-state index is 12.7. The Morgan fingerprint density at radius 3 is 2.24 bits per heavy atom. The minimum absolute atomic E-state index is 0.240. The average Bonchev–Trinajstić information content (AvgIpc) is 2.34. The van der Waals surface area contributed by atoms with Crippen molar-refractivity contribution in [3.8, 4) is 5.75 Å². The summed E-state index contributed by atoms with van der Waals surface area (Å²) >= 11 is 0. The van der Waals surface area contributed by atoms with Crippen LogP contribution in [0.15, 0.2) is 48.5 Å². The van der Waals surface area contributed by atoms with E-state index in [2.05, 4.69) is 31.2 Å². The van der Waals surface area contributed by atoms with Gasteiger partial charge < -0.3 is 4.74 Å². The van der Waals surface area contributed by atoms with Crippen LogP contribution in [0.1, 0.15) is 11.1 Å². The molecule has 0 bridgehead atoms. The lowest BCUT2D eigenvalue weighted by Gasteiger charge is -2.06. The van der Waals surface area contributed by atoms with Crippen LogP contribution in [0.4, 0.5) is 4.39 Å². The highest BCUT2D eigenvalue weighted by Crippen LogP contribution is 2.12. The Hall–Kier alpha value is -1.83. The van der Waals surface area contributed by atoms with Gasteiger partial charge in [0.25, 0.3) is 0 Å². The van der Waals surface area contributed by atoms with Gasteiger partial charge in [-0.15, -0.1) is 0 Å². The van der Waals surface area contributed by atoms with Gasteiger partial charge in [-0.1, -0.05) is 29.8 Å². The summed E-state index contributed by atoms with van der Waals surface area (Å²) in [4.78, 5) is 0. The van der Waals surface area contributed by atoms with Crippen molar-refractivity contribution in [1.82, 2.24) is 0 Å². The van der Waals surface area contributed by atoms with Crippen molar-refractivity contribution in [3.05, 3.63) is 65.5 Å². The summed E-state index contributed by atoms with van der Waals surface area (Å²) in [5.74, 6) is 0.467. The topological polar surface area (TPSA) is 9.23 Å². The zero-order valence-corrected chi connectivity index (χ0v) is 9.82. The molecule has 0 radical (unpaired) electrons. The van der Waals surface area contributed by atoms with Crippen LogP contribution < -0.4 is 4.74 Å². The third kappa shape index (κ3) is 3.59. The van der Waals surface area contributed by atoms with Crippen LogP contribution in [-0.4, -0.2) is 6.61 Å². The van der Waals surface area contributed by atoms with Gasteiger partial charge in [0.15, 0.2) is 0 Å². The third-order valence-electron chi connectivity index (χ3n) is 2.59. The lowest BCUT2D eigenvalue weighted by molar-refractivity contribution is 0.321. The van der Waals surface area contributed by atoms with Crippen molar-refractivity contribution in [3.63, 3.8) is 0 Å². The fraction of sp³-hybridized carbons (Fsp3) is 0.200. The summed E-state index contributed by atoms with van der Waals surface area (Å²) in [6.07, 6.45) is 0.859. The Kier molecular flexibility index (Phi) is 3.76. The summed E-state index contributed by atoms with van der Waals surface area (Å²) in [5.41, 5.74) is 2.51. The molecule has 17 heavy (non-hydrogen) atoms. The minimum atomic E-state index is -0.240. The highest BCUT2D eigenvalue weighted by atomic mass is 19.1. The zero-order chi connectivity index (χ0) is 12.1. The molecule has 0 atom stereocenters. The molecule has 0 spiro atoms. The second kappa shape index (κ2) is 5.48. The van der Waals surface area contributed by atoms with Gasteiger partial charge in [0.1, 0.15) is 11.6 Å². The molecule has 0 aliphatic rings. The van der Waals surface area contributed by atoms with E-state index in [-0.39, 0.29) is 5.82 Å². The summed E-state index contributed by atoms with van der Waals surface area (Å²) in [6, 6.07) is 14.5. The van der Waals surface area contributed by atoms with E-state index in [9.17, 15) is 4.39 Å². The fourth-order valence-corrected chi connectivity index (χ4v) is 1.57. The number of hydrogen-bond donors (Lipinski definition) is 0. The van der Waals surface area contributed by atoms with E-state index in [4.69, 9.17) is 4.74 Å². The SMILES string of the molecule is Cc1ccc(CCOc2ccc(F)cc2)cc1. The average molecular weight is 230 g/mol. The van der Waals surface area contributed by atoms with Crippen LogP contribution in [0, 0.1) is 12.7 Å². The number of rotatable bonds is 4. The number of benzene rings is 2. The standard InChI is InChI=1S/C15H15FO/c1-12-2-4-13(5-3-12)10-11-17-15-8-6-14(16)7-9-15/h2-9H,10-11H2,1H3. The van der Waals surface area contributed by atoms with Crippen molar-refractivity contribution in [2.75, 3.05) is 6.61 Å². The molecule has 0 fully saturated rings. The van der Waals surface area contributed by atoms with Gasteiger partial charge in [0.2, 0.25) is 0 Å². The van der Waals surface area contributed by atoms with Crippen molar-refractivity contribution in [2.24, 2.45) is 0 Å². The minimum Gasteiger partial charge on any atom is -0.493 e. The smallest absolute Gasteiger partial charge is 0.123 e. The first-order chi connectivity index (χ1) is 8.24. The van der Waals surface area contributed by atoms with E-state index in [0.717, 1.165) is 6.42 Å². The van der Waals surface area contributed by atoms with Gasteiger partial charge in [0.05, 0.1) is 6.61 Å². The van der Waals surface area contributed by atoms with E-state index < -0.39 is 0 Å². The summed E-state index contributed by atoms with van der Waals surface area (Å²) < 4.78 is 18.2. The van der Waals surface area contributed by atoms with Crippen LogP contribution in [0.25, 0.3) is 0 Å². The van der Waals surface area contributed by atoms with Crippen LogP contribution >= 0.6 is 0 Å². The van der Waals surface area contributed by atoms with Gasteiger partial charge in [0, 0.05) is 6.42 Å². The molecule has 1 nitrogen and oxygen atoms in total. The lowest BCUT2D eigenvalue weighted by atomic mass is 10.1. The molecule has 0 saturated carbocycles. The van der Waals surface area contributed by atoms with Crippen LogP contribution in [0.3, 0.4) is 0 Å². The molecule has 0 aromatic heterocycles. The van der Waals surface area contributed by atoms with E-state index in [1.807, 2.05) is 0 Å². The second-order valence-electron chi connectivity index (χ2n) is 4.04. The summed E-state index contributed by atoms with van der Waals surface area (Å²) in [5, 5.41) is 0. The predicted molar refractivity (Wildman–Crippen MR) is 66.8 cm³/mol. The molecule has 0 unspecified atom stereocenters. The summed E-state index contributed by atoms with van der Waals surface area (Å²) in [6.45, 7) is 2.67. The Morgan fingerprint density at radius 2 is 1.59 bits per heavy atom. The first-order valence-corrected chi connectivity index (χ1v) is 5.68. The molecule has 0 heterocycles. The molecule has 2 aromatic carbocycles. The number of hydrogen-bond acceptors (Lipinski definition) is 1. The van der Waals surface area contributed by atoms with Crippen LogP contribution in [-0.2, 0) is 6.42 Å². The molecule has 2 heteroatoms. The van der Waals surface area contributed by atoms with Gasteiger partial charge in [-0.3, -0.25) is 0 Å². The first kappa shape index (κ1) is 11.6. The molecule has 0 saturated heterocycles. The second-order valence-corrected chi connectivity index (χ2v) is 4.04. The quantitative estimate of drug-likeness (QED) is 0.777. The highest BCUT2D eigenvalue weighted by molar-refractivity contribution is 5.23. The monoisotopic (exact) mass is 230 g/mol. The molecule has 0 aliphatic carbocycles. The van der Waals surface area contributed by atoms with Gasteiger partial charge in [-0.2, -0.15) is 0 Å². The fourth-order valence-electron chi connectivity index (χ4n) is 1.57. The molecule has 2 rings (SSSR count). The lowest BCUT2D eigenvalue weighted by Crippen LogP contribution is -2.01. The maximum Gasteiger partial charge on any atom is 0.123 e. The normalized spacial score (nSPS) is 10.2. The third-order valence-corrected chi connectivity index (χ3v) is 2.59. The van der Waals surface area contributed by atoms with Gasteiger partial charge >= 0.3 is 0 Å². The molecule has 0 amide bonds. The van der Waals surface area contributed by atoms with E-state index in [0.29, 0.717) is 12.4 Å². The molecule has 2 aromatic rings. The van der Waals surface area contributed by atoms with E-state index in [1.54, 1.807) is 12.1 Å². The molecule has 88 valence electrons. The Balaban J connectivity index is 1.83. The number of halogens is 1. The van der Waals surface area contributed by atoms with Crippen molar-refractivity contribution in [1.29, 1.82) is 0 Å². The Bertz CT molecular complexity index is 414. The van der Waals surface area contributed by atoms with Crippen molar-refractivity contribution in [2.45, 2.75) is 13.3 Å². The van der Waals surface area contributed by atoms with Crippen LogP contribution in [0.5, 0.6) is 5.75 Å². The Labute approximate surface area is 101 Å². The molecule has 0 aliphatic heterocycles. The first-order valence-electron chi connectivity index (χ1n) is 5.68. The highest BCUT2D eigenvalue weighted by Gasteiger charge is 1.96. The Morgan fingerprint density at radius 1 is 0.941 bits per heavy atom. The van der Waals surface area contributed by atoms with Crippen molar-refractivity contribution >= 4 is 0 Å². The maximum atomic E-state index is 12.7. The summed E-state index contributed by atoms with van der Waals surface area (Å²) in [7, 11) is 0. The van der Waals surface area contributed by atoms with E-state index in [1.165, 1.54) is 23.3 Å². The molecular weight excluding hydrogens is 215 g/mol. The molecule has 0 N–H and O–H groups in total. The predicted octanol–water partition coefficient (Wildman–Crippen LogP) is 3.76. The number of aryl methyl sites for hydroxylation is 1. The number of ether oxygens (including phenoxy) is 1. The molecular formula is C15H15FO. The van der Waals surface area contributed by atoms with Gasteiger partial charge in [-0.05, 0) is 36.8 Å².